The van der Waals surface area contributed by atoms with Gasteiger partial charge in [0.1, 0.15) is 0 Å². The van der Waals surface area contributed by atoms with E-state index in [0.29, 0.717) is 0 Å². The van der Waals surface area contributed by atoms with Crippen molar-refractivity contribution in [2.24, 2.45) is 0 Å². The van der Waals surface area contributed by atoms with Crippen molar-refractivity contribution in [2.45, 2.75) is 19.3 Å². The average Bonchev–Trinajstić information content (AvgIpc) is 2.31. The lowest BCUT2D eigenvalue weighted by Gasteiger charge is -2.32. The van der Waals surface area contributed by atoms with Gasteiger partial charge in [-0.2, -0.15) is 0 Å². The second-order valence-corrected chi connectivity index (χ2v) is 5.68. The van der Waals surface area contributed by atoms with E-state index >= 15 is 0 Å². The number of hydrogen-bond donors (Lipinski definition) is 0. The molecule has 5 heteroatoms. The molecule has 86 valence electrons. The minimum atomic E-state index is 0.843. The summed E-state index contributed by atoms with van der Waals surface area (Å²) in [5.74, 6) is 0. The highest BCUT2D eigenvalue weighted by atomic mass is 32.2. The van der Waals surface area contributed by atoms with Crippen LogP contribution in [0.4, 0.5) is 0 Å². The predicted octanol–water partition coefficient (Wildman–Crippen LogP) is 1.74. The second kappa shape index (κ2) is 6.03. The molecule has 0 unspecified atom stereocenters. The lowest BCUT2D eigenvalue weighted by Crippen LogP contribution is -2.38. The largest absolute Gasteiger partial charge is 0.379 e. The zero-order valence-corrected chi connectivity index (χ0v) is 10.6. The minimum absolute atomic E-state index is 0.843. The molecule has 0 atom stereocenters. The molecule has 2 heterocycles. The van der Waals surface area contributed by atoms with Gasteiger partial charge in [-0.05, 0) is 31.2 Å². The molecule has 0 aliphatic carbocycles. The van der Waals surface area contributed by atoms with E-state index in [1.807, 2.05) is 0 Å². The van der Waals surface area contributed by atoms with E-state index in [0.717, 1.165) is 43.7 Å². The number of likely N-dealkylation sites (tertiary alicyclic amines) is 1. The first-order chi connectivity index (χ1) is 7.36. The Balaban J connectivity index is 1.74. The van der Waals surface area contributed by atoms with E-state index in [9.17, 15) is 0 Å². The maximum atomic E-state index is 5.46. The maximum Gasteiger partial charge on any atom is 0.151 e. The molecule has 0 aromatic rings. The standard InChI is InChI=1S/C10H18N2OS2/c14-10(11-4-2-1-3-5-11)15-12-6-8-13-9-7-12/h1-9H2. The summed E-state index contributed by atoms with van der Waals surface area (Å²) in [4.78, 5) is 2.35. The monoisotopic (exact) mass is 246 g/mol. The van der Waals surface area contributed by atoms with E-state index in [-0.39, 0.29) is 0 Å². The number of hydrogen-bond acceptors (Lipinski definition) is 4. The van der Waals surface area contributed by atoms with Crippen molar-refractivity contribution in [3.05, 3.63) is 0 Å². The molecule has 15 heavy (non-hydrogen) atoms. The van der Waals surface area contributed by atoms with Crippen LogP contribution in [0.15, 0.2) is 0 Å². The van der Waals surface area contributed by atoms with Gasteiger partial charge < -0.3 is 9.64 Å². The van der Waals surface area contributed by atoms with Crippen molar-refractivity contribution >= 4 is 28.5 Å². The normalized spacial score (nSPS) is 24.1. The molecule has 2 rings (SSSR count). The highest BCUT2D eigenvalue weighted by Crippen LogP contribution is 2.20. The highest BCUT2D eigenvalue weighted by molar-refractivity contribution is 8.21. The van der Waals surface area contributed by atoms with Crippen molar-refractivity contribution in [1.29, 1.82) is 0 Å². The molecule has 2 saturated heterocycles. The van der Waals surface area contributed by atoms with Gasteiger partial charge in [-0.3, -0.25) is 0 Å². The molecule has 2 aliphatic rings. The van der Waals surface area contributed by atoms with Crippen molar-refractivity contribution in [2.75, 3.05) is 39.4 Å². The molecule has 0 aromatic carbocycles. The Bertz CT molecular complexity index is 213. The van der Waals surface area contributed by atoms with Crippen LogP contribution in [-0.2, 0) is 4.74 Å². The van der Waals surface area contributed by atoms with Crippen LogP contribution in [-0.4, -0.2) is 52.9 Å². The molecule has 0 amide bonds. The molecule has 3 nitrogen and oxygen atoms in total. The van der Waals surface area contributed by atoms with E-state index in [1.165, 1.54) is 19.3 Å². The Morgan fingerprint density at radius 3 is 2.33 bits per heavy atom. The first kappa shape index (κ1) is 11.6. The fraction of sp³-hybridized carbons (Fsp3) is 0.900. The third-order valence-corrected chi connectivity index (χ3v) is 4.31. The minimum Gasteiger partial charge on any atom is -0.379 e. The van der Waals surface area contributed by atoms with Crippen LogP contribution in [0, 0.1) is 0 Å². The molecule has 0 saturated carbocycles. The fourth-order valence-corrected chi connectivity index (χ4v) is 3.23. The van der Waals surface area contributed by atoms with E-state index < -0.39 is 0 Å². The van der Waals surface area contributed by atoms with Crippen molar-refractivity contribution in [3.8, 4) is 0 Å². The van der Waals surface area contributed by atoms with Crippen molar-refractivity contribution < 1.29 is 4.74 Å². The summed E-state index contributed by atoms with van der Waals surface area (Å²) in [6, 6.07) is 0. The van der Waals surface area contributed by atoms with Crippen LogP contribution in [0.1, 0.15) is 19.3 Å². The highest BCUT2D eigenvalue weighted by Gasteiger charge is 2.18. The van der Waals surface area contributed by atoms with Gasteiger partial charge >= 0.3 is 0 Å². The molecule has 0 bridgehead atoms. The fourth-order valence-electron chi connectivity index (χ4n) is 1.88. The number of thiocarbonyl (C=S) groups is 1. The summed E-state index contributed by atoms with van der Waals surface area (Å²) < 4.78 is 8.69. The number of morpholine rings is 1. The third-order valence-electron chi connectivity index (χ3n) is 2.79. The summed E-state index contributed by atoms with van der Waals surface area (Å²) in [5, 5.41) is 0. The van der Waals surface area contributed by atoms with Crippen LogP contribution in [0.2, 0.25) is 0 Å². The third kappa shape index (κ3) is 3.59. The smallest absolute Gasteiger partial charge is 0.151 e. The lowest BCUT2D eigenvalue weighted by atomic mass is 10.1. The number of nitrogens with zero attached hydrogens (tertiary/aromatic N) is 2. The van der Waals surface area contributed by atoms with Crippen molar-refractivity contribution in [1.82, 2.24) is 9.21 Å². The second-order valence-electron chi connectivity index (χ2n) is 3.95. The van der Waals surface area contributed by atoms with Crippen LogP contribution < -0.4 is 0 Å². The Morgan fingerprint density at radius 1 is 1.00 bits per heavy atom. The first-order valence-corrected chi connectivity index (χ1v) is 6.84. The summed E-state index contributed by atoms with van der Waals surface area (Å²) in [7, 11) is 0. The SMILES string of the molecule is S=C(SN1CCOCC1)N1CCCCC1. The molecular weight excluding hydrogens is 228 g/mol. The van der Waals surface area contributed by atoms with Crippen LogP contribution in [0.5, 0.6) is 0 Å². The Hall–Kier alpha value is 0.160. The molecule has 2 fully saturated rings. The van der Waals surface area contributed by atoms with Gasteiger partial charge in [0.05, 0.1) is 13.2 Å². The van der Waals surface area contributed by atoms with Gasteiger partial charge in [-0.15, -0.1) is 0 Å². The Morgan fingerprint density at radius 2 is 1.67 bits per heavy atom. The summed E-state index contributed by atoms with van der Waals surface area (Å²) in [5.41, 5.74) is 0. The molecule has 0 spiro atoms. The number of piperidine rings is 1. The number of rotatable bonds is 1. The van der Waals surface area contributed by atoms with Crippen LogP contribution >= 0.6 is 24.2 Å². The van der Waals surface area contributed by atoms with Crippen LogP contribution in [0.25, 0.3) is 0 Å². The quantitative estimate of drug-likeness (QED) is 0.516. The number of ether oxygens (including phenoxy) is 1. The molecule has 0 N–H and O–H groups in total. The maximum absolute atomic E-state index is 5.46. The van der Waals surface area contributed by atoms with E-state index in [1.54, 1.807) is 11.9 Å². The molecule has 0 aromatic heterocycles. The van der Waals surface area contributed by atoms with Crippen LogP contribution in [0.3, 0.4) is 0 Å². The van der Waals surface area contributed by atoms with Gasteiger partial charge in [0.2, 0.25) is 0 Å². The summed E-state index contributed by atoms with van der Waals surface area (Å²) in [6.07, 6.45) is 3.95. The summed E-state index contributed by atoms with van der Waals surface area (Å²) >= 11 is 7.20. The molecular formula is C10H18N2OS2. The van der Waals surface area contributed by atoms with Crippen molar-refractivity contribution in [3.63, 3.8) is 0 Å². The lowest BCUT2D eigenvalue weighted by molar-refractivity contribution is 0.0777. The zero-order chi connectivity index (χ0) is 10.5. The zero-order valence-electron chi connectivity index (χ0n) is 8.98. The first-order valence-electron chi connectivity index (χ1n) is 5.66. The Kier molecular flexibility index (Phi) is 4.68. The molecule has 2 aliphatic heterocycles. The van der Waals surface area contributed by atoms with Gasteiger partial charge in [-0.1, -0.05) is 12.2 Å². The molecule has 0 radical (unpaired) electrons. The summed E-state index contributed by atoms with van der Waals surface area (Å²) in [6.45, 7) is 5.98. The average molecular weight is 246 g/mol. The Labute approximate surface area is 101 Å². The van der Waals surface area contributed by atoms with Gasteiger partial charge in [0.25, 0.3) is 0 Å². The van der Waals surface area contributed by atoms with Gasteiger partial charge in [0.15, 0.2) is 4.32 Å². The van der Waals surface area contributed by atoms with Gasteiger partial charge in [0, 0.05) is 26.2 Å². The topological polar surface area (TPSA) is 15.7 Å². The predicted molar refractivity (Wildman–Crippen MR) is 68.0 cm³/mol. The van der Waals surface area contributed by atoms with E-state index in [4.69, 9.17) is 17.0 Å². The van der Waals surface area contributed by atoms with E-state index in [2.05, 4.69) is 9.21 Å². The van der Waals surface area contributed by atoms with Gasteiger partial charge in [-0.25, -0.2) is 4.31 Å².